The van der Waals surface area contributed by atoms with E-state index in [1.54, 1.807) is 13.0 Å². The van der Waals surface area contributed by atoms with Crippen molar-refractivity contribution in [3.05, 3.63) is 64.1 Å². The van der Waals surface area contributed by atoms with E-state index in [9.17, 15) is 18.0 Å². The molecule has 28 heavy (non-hydrogen) atoms. The highest BCUT2D eigenvalue weighted by molar-refractivity contribution is 6.33. The molecule has 0 radical (unpaired) electrons. The van der Waals surface area contributed by atoms with E-state index in [0.29, 0.717) is 24.3 Å². The zero-order chi connectivity index (χ0) is 20.6. The van der Waals surface area contributed by atoms with E-state index in [1.807, 2.05) is 32.0 Å². The summed E-state index contributed by atoms with van der Waals surface area (Å²) in [4.78, 5) is 19.2. The van der Waals surface area contributed by atoms with Crippen molar-refractivity contribution in [1.29, 1.82) is 0 Å². The van der Waals surface area contributed by atoms with E-state index in [4.69, 9.17) is 11.6 Å². The lowest BCUT2D eigenvalue weighted by atomic mass is 10.1. The minimum absolute atomic E-state index is 0.0915. The van der Waals surface area contributed by atoms with Crippen molar-refractivity contribution in [3.63, 3.8) is 0 Å². The van der Waals surface area contributed by atoms with Crippen molar-refractivity contribution in [2.45, 2.75) is 33.4 Å². The molecule has 3 aromatic rings. The predicted octanol–water partition coefficient (Wildman–Crippen LogP) is 5.54. The van der Waals surface area contributed by atoms with Crippen LogP contribution in [0.1, 0.15) is 41.2 Å². The Balaban J connectivity index is 2.22. The van der Waals surface area contributed by atoms with Gasteiger partial charge in [-0.3, -0.25) is 9.20 Å². The second-order valence-corrected chi connectivity index (χ2v) is 6.82. The number of pyridine rings is 1. The Labute approximate surface area is 165 Å². The Morgan fingerprint density at radius 2 is 1.96 bits per heavy atom. The van der Waals surface area contributed by atoms with Gasteiger partial charge in [0.2, 0.25) is 0 Å². The van der Waals surface area contributed by atoms with Crippen LogP contribution in [-0.2, 0) is 12.6 Å². The molecule has 3 rings (SSSR count). The van der Waals surface area contributed by atoms with Crippen LogP contribution in [0, 0.1) is 6.92 Å². The largest absolute Gasteiger partial charge is 0.417 e. The number of fused-ring (bicyclic) bond motifs is 1. The van der Waals surface area contributed by atoms with Gasteiger partial charge in [-0.25, -0.2) is 4.98 Å². The van der Waals surface area contributed by atoms with Crippen LogP contribution in [0.15, 0.2) is 36.5 Å². The fourth-order valence-electron chi connectivity index (χ4n) is 3.15. The molecule has 148 valence electrons. The molecule has 0 saturated carbocycles. The van der Waals surface area contributed by atoms with Gasteiger partial charge in [0.1, 0.15) is 5.69 Å². The molecule has 4 nitrogen and oxygen atoms in total. The smallest absolute Gasteiger partial charge is 0.307 e. The van der Waals surface area contributed by atoms with Gasteiger partial charge < -0.3 is 4.90 Å². The zero-order valence-electron chi connectivity index (χ0n) is 15.6. The van der Waals surface area contributed by atoms with E-state index < -0.39 is 17.6 Å². The third-order valence-corrected chi connectivity index (χ3v) is 4.76. The first-order chi connectivity index (χ1) is 13.2. The van der Waals surface area contributed by atoms with Gasteiger partial charge in [-0.2, -0.15) is 13.2 Å². The summed E-state index contributed by atoms with van der Waals surface area (Å²) < 4.78 is 40.9. The minimum atomic E-state index is -4.59. The SMILES string of the molecule is CCc1nc2c(Cl)cc(C(F)(F)F)cn2c1C(=O)N(CC)c1cccc(C)c1. The Bertz CT molecular complexity index is 1040. The van der Waals surface area contributed by atoms with Gasteiger partial charge in [-0.1, -0.05) is 30.7 Å². The zero-order valence-corrected chi connectivity index (χ0v) is 16.4. The van der Waals surface area contributed by atoms with Gasteiger partial charge in [0.25, 0.3) is 5.91 Å². The van der Waals surface area contributed by atoms with Crippen LogP contribution < -0.4 is 4.90 Å². The highest BCUT2D eigenvalue weighted by atomic mass is 35.5. The van der Waals surface area contributed by atoms with Gasteiger partial charge >= 0.3 is 6.18 Å². The Hall–Kier alpha value is -2.54. The molecule has 0 spiro atoms. The quantitative estimate of drug-likeness (QED) is 0.567. The number of hydrogen-bond donors (Lipinski definition) is 0. The lowest BCUT2D eigenvalue weighted by Gasteiger charge is -2.22. The Morgan fingerprint density at radius 1 is 1.25 bits per heavy atom. The third-order valence-electron chi connectivity index (χ3n) is 4.49. The number of benzene rings is 1. The number of nitrogens with zero attached hydrogens (tertiary/aromatic N) is 3. The molecule has 0 aliphatic rings. The van der Waals surface area contributed by atoms with Gasteiger partial charge in [-0.05, 0) is 44.0 Å². The number of hydrogen-bond acceptors (Lipinski definition) is 2. The number of imidazole rings is 1. The fourth-order valence-corrected chi connectivity index (χ4v) is 3.40. The van der Waals surface area contributed by atoms with Crippen LogP contribution in [0.25, 0.3) is 5.65 Å². The number of anilines is 1. The molecule has 0 fully saturated rings. The molecule has 0 bridgehead atoms. The summed E-state index contributed by atoms with van der Waals surface area (Å²) in [6.07, 6.45) is -3.33. The Morgan fingerprint density at radius 3 is 2.54 bits per heavy atom. The monoisotopic (exact) mass is 409 g/mol. The van der Waals surface area contributed by atoms with Crippen LogP contribution in [0.5, 0.6) is 0 Å². The van der Waals surface area contributed by atoms with Crippen molar-refractivity contribution < 1.29 is 18.0 Å². The Kier molecular flexibility index (Phi) is 5.39. The van der Waals surface area contributed by atoms with Crippen LogP contribution in [0.3, 0.4) is 0 Å². The van der Waals surface area contributed by atoms with Crippen LogP contribution in [0.2, 0.25) is 5.02 Å². The number of alkyl halides is 3. The molecule has 1 aromatic carbocycles. The summed E-state index contributed by atoms with van der Waals surface area (Å²) in [6.45, 7) is 5.86. The normalized spacial score (nSPS) is 11.8. The number of carbonyl (C=O) groups is 1. The maximum Gasteiger partial charge on any atom is 0.417 e. The standard InChI is InChI=1S/C20H19ClF3N3O/c1-4-16-17(19(28)26(5-2)14-8-6-7-12(3)9-14)27-11-13(20(22,23)24)10-15(21)18(27)25-16/h6-11H,4-5H2,1-3H3. The second kappa shape index (κ2) is 7.47. The van der Waals surface area contributed by atoms with Gasteiger partial charge in [0, 0.05) is 18.4 Å². The number of amides is 1. The van der Waals surface area contributed by atoms with Crippen molar-refractivity contribution in [1.82, 2.24) is 9.38 Å². The average Bonchev–Trinajstić information content (AvgIpc) is 3.01. The highest BCUT2D eigenvalue weighted by Crippen LogP contribution is 2.33. The molecule has 8 heteroatoms. The van der Waals surface area contributed by atoms with Gasteiger partial charge in [0.05, 0.1) is 16.3 Å². The maximum atomic E-state index is 13.4. The lowest BCUT2D eigenvalue weighted by Crippen LogP contribution is -2.32. The average molecular weight is 410 g/mol. The van der Waals surface area contributed by atoms with Crippen molar-refractivity contribution in [2.75, 3.05) is 11.4 Å². The van der Waals surface area contributed by atoms with E-state index in [0.717, 1.165) is 22.2 Å². The van der Waals surface area contributed by atoms with E-state index in [2.05, 4.69) is 4.98 Å². The van der Waals surface area contributed by atoms with Crippen LogP contribution in [-0.4, -0.2) is 21.8 Å². The number of rotatable bonds is 4. The molecule has 0 atom stereocenters. The molecular formula is C20H19ClF3N3O. The minimum Gasteiger partial charge on any atom is -0.307 e. The first-order valence-corrected chi connectivity index (χ1v) is 9.21. The summed E-state index contributed by atoms with van der Waals surface area (Å²) in [5, 5.41) is -0.151. The molecule has 1 amide bonds. The third kappa shape index (κ3) is 3.58. The maximum absolute atomic E-state index is 13.4. The molecule has 0 aliphatic heterocycles. The van der Waals surface area contributed by atoms with Crippen LogP contribution >= 0.6 is 11.6 Å². The fraction of sp³-hybridized carbons (Fsp3) is 0.300. The number of halogens is 4. The van der Waals surface area contributed by atoms with E-state index >= 15 is 0 Å². The van der Waals surface area contributed by atoms with Crippen LogP contribution in [0.4, 0.5) is 18.9 Å². The molecule has 2 heterocycles. The summed E-state index contributed by atoms with van der Waals surface area (Å²) in [5.41, 5.74) is 1.33. The number of carbonyl (C=O) groups excluding carboxylic acids is 1. The second-order valence-electron chi connectivity index (χ2n) is 6.42. The molecule has 2 aromatic heterocycles. The molecule has 0 saturated heterocycles. The summed E-state index contributed by atoms with van der Waals surface area (Å²) in [7, 11) is 0. The molecule has 0 N–H and O–H groups in total. The van der Waals surface area contributed by atoms with Gasteiger partial charge in [-0.15, -0.1) is 0 Å². The summed E-state index contributed by atoms with van der Waals surface area (Å²) in [5.74, 6) is -0.423. The molecule has 0 aliphatic carbocycles. The van der Waals surface area contributed by atoms with Crippen molar-refractivity contribution >= 4 is 28.8 Å². The summed E-state index contributed by atoms with van der Waals surface area (Å²) in [6, 6.07) is 8.20. The van der Waals surface area contributed by atoms with Crippen molar-refractivity contribution in [2.24, 2.45) is 0 Å². The summed E-state index contributed by atoms with van der Waals surface area (Å²) >= 11 is 6.06. The topological polar surface area (TPSA) is 37.6 Å². The molecular weight excluding hydrogens is 391 g/mol. The highest BCUT2D eigenvalue weighted by Gasteiger charge is 2.33. The van der Waals surface area contributed by atoms with Gasteiger partial charge in [0.15, 0.2) is 5.65 Å². The van der Waals surface area contributed by atoms with E-state index in [-0.39, 0.29) is 16.4 Å². The van der Waals surface area contributed by atoms with Crippen molar-refractivity contribution in [3.8, 4) is 0 Å². The number of aryl methyl sites for hydroxylation is 2. The van der Waals surface area contributed by atoms with E-state index in [1.165, 1.54) is 4.90 Å². The first kappa shape index (κ1) is 20.2. The predicted molar refractivity (Wildman–Crippen MR) is 103 cm³/mol. The molecule has 0 unspecified atom stereocenters. The first-order valence-electron chi connectivity index (χ1n) is 8.83. The number of aromatic nitrogens is 2. The lowest BCUT2D eigenvalue weighted by molar-refractivity contribution is -0.137.